The minimum atomic E-state index is -4.52. The van der Waals surface area contributed by atoms with E-state index in [9.17, 15) is 23.1 Å². The van der Waals surface area contributed by atoms with Crippen molar-refractivity contribution < 1.29 is 23.1 Å². The van der Waals surface area contributed by atoms with Crippen LogP contribution in [0.3, 0.4) is 0 Å². The number of rotatable bonds is 4. The smallest absolute Gasteiger partial charge is 0.387 e. The van der Waals surface area contributed by atoms with Crippen LogP contribution < -0.4 is 5.32 Å². The van der Waals surface area contributed by atoms with Crippen LogP contribution in [0.4, 0.5) is 13.2 Å². The molecular formula is C14H16F3NO2. The van der Waals surface area contributed by atoms with Crippen LogP contribution in [0.1, 0.15) is 30.6 Å². The highest BCUT2D eigenvalue weighted by Gasteiger charge is 2.39. The van der Waals surface area contributed by atoms with Crippen LogP contribution in [0.5, 0.6) is 0 Å². The first-order valence-electron chi connectivity index (χ1n) is 6.42. The van der Waals surface area contributed by atoms with Gasteiger partial charge in [-0.25, -0.2) is 0 Å². The van der Waals surface area contributed by atoms with Crippen LogP contribution in [-0.4, -0.2) is 17.6 Å². The third-order valence-electron chi connectivity index (χ3n) is 3.54. The molecule has 0 heterocycles. The standard InChI is InChI=1S/C14H16F3NO2/c1-8-6-10(8)13(20)18-7-12(19)9-4-2-3-5-11(9)14(15,16)17/h2-5,8,10,12,19H,6-7H2,1H3,(H,18,20). The summed E-state index contributed by atoms with van der Waals surface area (Å²) in [4.78, 5) is 11.6. The zero-order chi connectivity index (χ0) is 14.9. The Morgan fingerprint density at radius 3 is 2.60 bits per heavy atom. The number of amides is 1. The van der Waals surface area contributed by atoms with Gasteiger partial charge in [0.05, 0.1) is 11.7 Å². The lowest BCUT2D eigenvalue weighted by molar-refractivity contribution is -0.139. The molecule has 20 heavy (non-hydrogen) atoms. The van der Waals surface area contributed by atoms with Crippen LogP contribution in [0.25, 0.3) is 0 Å². The van der Waals surface area contributed by atoms with E-state index in [1.807, 2.05) is 6.92 Å². The van der Waals surface area contributed by atoms with Gasteiger partial charge in [0.1, 0.15) is 0 Å². The summed E-state index contributed by atoms with van der Waals surface area (Å²) in [5.74, 6) is 0.0377. The molecular weight excluding hydrogens is 271 g/mol. The van der Waals surface area contributed by atoms with E-state index in [0.717, 1.165) is 12.5 Å². The van der Waals surface area contributed by atoms with Gasteiger partial charge in [0.2, 0.25) is 5.91 Å². The van der Waals surface area contributed by atoms with Gasteiger partial charge >= 0.3 is 6.18 Å². The number of carbonyl (C=O) groups excluding carboxylic acids is 1. The van der Waals surface area contributed by atoms with Gasteiger partial charge in [0, 0.05) is 12.5 Å². The Labute approximate surface area is 114 Å². The Hall–Kier alpha value is -1.56. The second-order valence-electron chi connectivity index (χ2n) is 5.17. The fourth-order valence-corrected chi connectivity index (χ4v) is 2.17. The first kappa shape index (κ1) is 14.8. The quantitative estimate of drug-likeness (QED) is 0.894. The Morgan fingerprint density at radius 2 is 2.05 bits per heavy atom. The lowest BCUT2D eigenvalue weighted by Crippen LogP contribution is -2.30. The number of carbonyl (C=O) groups is 1. The maximum Gasteiger partial charge on any atom is 0.416 e. The Balaban J connectivity index is 2.02. The fraction of sp³-hybridized carbons (Fsp3) is 0.500. The van der Waals surface area contributed by atoms with Gasteiger partial charge in [-0.1, -0.05) is 25.1 Å². The summed E-state index contributed by atoms with van der Waals surface area (Å²) in [6.45, 7) is 1.72. The zero-order valence-electron chi connectivity index (χ0n) is 10.9. The minimum absolute atomic E-state index is 0.0694. The average molecular weight is 287 g/mol. The summed E-state index contributed by atoms with van der Waals surface area (Å²) >= 11 is 0. The molecule has 0 radical (unpaired) electrons. The predicted molar refractivity (Wildman–Crippen MR) is 66.7 cm³/mol. The molecule has 3 unspecified atom stereocenters. The van der Waals surface area contributed by atoms with Crippen molar-refractivity contribution in [2.24, 2.45) is 11.8 Å². The van der Waals surface area contributed by atoms with Crippen molar-refractivity contribution in [1.29, 1.82) is 0 Å². The molecule has 3 atom stereocenters. The maximum absolute atomic E-state index is 12.8. The number of aliphatic hydroxyl groups is 1. The average Bonchev–Trinajstić information content (AvgIpc) is 3.12. The van der Waals surface area contributed by atoms with Crippen LogP contribution in [0, 0.1) is 11.8 Å². The van der Waals surface area contributed by atoms with E-state index in [1.54, 1.807) is 0 Å². The second kappa shape index (κ2) is 5.44. The molecule has 0 spiro atoms. The van der Waals surface area contributed by atoms with Gasteiger partial charge in [-0.3, -0.25) is 4.79 Å². The third kappa shape index (κ3) is 3.30. The molecule has 1 amide bonds. The number of hydrogen-bond acceptors (Lipinski definition) is 2. The molecule has 1 aliphatic carbocycles. The van der Waals surface area contributed by atoms with E-state index in [1.165, 1.54) is 18.2 Å². The SMILES string of the molecule is CC1CC1C(=O)NCC(O)c1ccccc1C(F)(F)F. The predicted octanol–water partition coefficient (Wildman–Crippen LogP) is 2.51. The van der Waals surface area contributed by atoms with Crippen LogP contribution >= 0.6 is 0 Å². The Bertz CT molecular complexity index is 501. The summed E-state index contributed by atoms with van der Waals surface area (Å²) in [6, 6.07) is 4.84. The second-order valence-corrected chi connectivity index (χ2v) is 5.17. The van der Waals surface area contributed by atoms with Gasteiger partial charge in [-0.05, 0) is 24.0 Å². The molecule has 0 aliphatic heterocycles. The number of nitrogens with one attached hydrogen (secondary N) is 1. The minimum Gasteiger partial charge on any atom is -0.387 e. The number of aliphatic hydroxyl groups excluding tert-OH is 1. The van der Waals surface area contributed by atoms with Gasteiger partial charge in [-0.2, -0.15) is 13.2 Å². The van der Waals surface area contributed by atoms with Gasteiger partial charge < -0.3 is 10.4 Å². The fourth-order valence-electron chi connectivity index (χ4n) is 2.17. The van der Waals surface area contributed by atoms with Gasteiger partial charge in [0.15, 0.2) is 0 Å². The van der Waals surface area contributed by atoms with E-state index >= 15 is 0 Å². The zero-order valence-corrected chi connectivity index (χ0v) is 10.9. The largest absolute Gasteiger partial charge is 0.416 e. The lowest BCUT2D eigenvalue weighted by atomic mass is 10.0. The number of alkyl halides is 3. The molecule has 2 rings (SSSR count). The summed E-state index contributed by atoms with van der Waals surface area (Å²) in [5, 5.41) is 12.4. The molecule has 110 valence electrons. The first-order valence-corrected chi connectivity index (χ1v) is 6.42. The van der Waals surface area contributed by atoms with Crippen molar-refractivity contribution >= 4 is 5.91 Å². The normalized spacial score (nSPS) is 23.2. The van der Waals surface area contributed by atoms with E-state index in [0.29, 0.717) is 5.92 Å². The lowest BCUT2D eigenvalue weighted by Gasteiger charge is -2.17. The number of hydrogen-bond donors (Lipinski definition) is 2. The molecule has 0 aromatic heterocycles. The summed E-state index contributed by atoms with van der Waals surface area (Å²) in [7, 11) is 0. The van der Waals surface area contributed by atoms with Gasteiger partial charge in [0.25, 0.3) is 0 Å². The molecule has 1 aromatic rings. The molecule has 1 fully saturated rings. The van der Waals surface area contributed by atoms with Crippen LogP contribution in [0.15, 0.2) is 24.3 Å². The van der Waals surface area contributed by atoms with E-state index in [-0.39, 0.29) is 23.9 Å². The summed E-state index contributed by atoms with van der Waals surface area (Å²) < 4.78 is 38.4. The van der Waals surface area contributed by atoms with E-state index < -0.39 is 17.8 Å². The van der Waals surface area contributed by atoms with Crippen LogP contribution in [-0.2, 0) is 11.0 Å². The Kier molecular flexibility index (Phi) is 4.04. The van der Waals surface area contributed by atoms with Crippen molar-refractivity contribution in [2.45, 2.75) is 25.6 Å². The van der Waals surface area contributed by atoms with E-state index in [2.05, 4.69) is 5.32 Å². The number of halogens is 3. The van der Waals surface area contributed by atoms with Gasteiger partial charge in [-0.15, -0.1) is 0 Å². The molecule has 2 N–H and O–H groups in total. The molecule has 1 aromatic carbocycles. The topological polar surface area (TPSA) is 49.3 Å². The molecule has 0 bridgehead atoms. The molecule has 1 aliphatic rings. The Morgan fingerprint density at radius 1 is 1.45 bits per heavy atom. The molecule has 3 nitrogen and oxygen atoms in total. The molecule has 1 saturated carbocycles. The van der Waals surface area contributed by atoms with Crippen LogP contribution in [0.2, 0.25) is 0 Å². The summed E-state index contributed by atoms with van der Waals surface area (Å²) in [6.07, 6.45) is -5.10. The van der Waals surface area contributed by atoms with Crippen molar-refractivity contribution in [3.05, 3.63) is 35.4 Å². The highest BCUT2D eigenvalue weighted by Crippen LogP contribution is 2.38. The monoisotopic (exact) mass is 287 g/mol. The van der Waals surface area contributed by atoms with Crippen molar-refractivity contribution in [2.75, 3.05) is 6.54 Å². The van der Waals surface area contributed by atoms with Crippen molar-refractivity contribution in [3.63, 3.8) is 0 Å². The highest BCUT2D eigenvalue weighted by molar-refractivity contribution is 5.81. The first-order chi connectivity index (χ1) is 9.30. The highest BCUT2D eigenvalue weighted by atomic mass is 19.4. The summed E-state index contributed by atoms with van der Waals surface area (Å²) in [5.41, 5.74) is -1.09. The molecule has 0 saturated heterocycles. The van der Waals surface area contributed by atoms with Crippen molar-refractivity contribution in [1.82, 2.24) is 5.32 Å². The van der Waals surface area contributed by atoms with Crippen molar-refractivity contribution in [3.8, 4) is 0 Å². The third-order valence-corrected chi connectivity index (χ3v) is 3.54. The molecule has 6 heteroatoms. The van der Waals surface area contributed by atoms with E-state index in [4.69, 9.17) is 0 Å². The maximum atomic E-state index is 12.8. The number of benzene rings is 1.